The number of likely N-dealkylation sites (N-methyl/N-ethyl adjacent to an activating group) is 1. The molecule has 0 unspecified atom stereocenters. The SMILES string of the molecule is CC(C)CCS(=O)(=O)N(C)C(C)(C)C(=O)O. The van der Waals surface area contributed by atoms with Crippen LogP contribution in [0.15, 0.2) is 0 Å². The van der Waals surface area contributed by atoms with Crippen molar-refractivity contribution in [3.8, 4) is 0 Å². The highest BCUT2D eigenvalue weighted by molar-refractivity contribution is 7.89. The Morgan fingerprint density at radius 1 is 1.38 bits per heavy atom. The van der Waals surface area contributed by atoms with Gasteiger partial charge >= 0.3 is 5.97 Å². The fourth-order valence-electron chi connectivity index (χ4n) is 1.00. The van der Waals surface area contributed by atoms with Crippen LogP contribution < -0.4 is 0 Å². The third-order valence-electron chi connectivity index (χ3n) is 2.68. The second-order valence-corrected chi connectivity index (χ2v) is 6.95. The highest BCUT2D eigenvalue weighted by Gasteiger charge is 2.38. The zero-order chi connectivity index (χ0) is 13.1. The third kappa shape index (κ3) is 3.75. The smallest absolute Gasteiger partial charge is 0.324 e. The lowest BCUT2D eigenvalue weighted by Crippen LogP contribution is -2.51. The van der Waals surface area contributed by atoms with Gasteiger partial charge in [0.2, 0.25) is 10.0 Å². The maximum absolute atomic E-state index is 11.8. The predicted molar refractivity (Wildman–Crippen MR) is 62.7 cm³/mol. The summed E-state index contributed by atoms with van der Waals surface area (Å²) >= 11 is 0. The Morgan fingerprint density at radius 3 is 2.12 bits per heavy atom. The fourth-order valence-corrected chi connectivity index (χ4v) is 2.82. The van der Waals surface area contributed by atoms with E-state index < -0.39 is 21.5 Å². The Bertz CT molecular complexity index is 346. The molecule has 0 radical (unpaired) electrons. The molecule has 96 valence electrons. The van der Waals surface area contributed by atoms with Crippen LogP contribution in [-0.2, 0) is 14.8 Å². The molecule has 0 atom stereocenters. The summed E-state index contributed by atoms with van der Waals surface area (Å²) in [5.41, 5.74) is -1.41. The van der Waals surface area contributed by atoms with Crippen LogP contribution in [-0.4, -0.2) is 42.1 Å². The van der Waals surface area contributed by atoms with Crippen LogP contribution in [0.3, 0.4) is 0 Å². The molecule has 0 fully saturated rings. The van der Waals surface area contributed by atoms with Gasteiger partial charge in [0.25, 0.3) is 0 Å². The van der Waals surface area contributed by atoms with Crippen LogP contribution in [0.1, 0.15) is 34.1 Å². The normalized spacial score (nSPS) is 13.4. The lowest BCUT2D eigenvalue weighted by molar-refractivity contribution is -0.145. The Kier molecular flexibility index (Phi) is 4.94. The quantitative estimate of drug-likeness (QED) is 0.768. The van der Waals surface area contributed by atoms with Gasteiger partial charge in [0.1, 0.15) is 5.54 Å². The molecule has 0 aliphatic heterocycles. The van der Waals surface area contributed by atoms with E-state index in [2.05, 4.69) is 0 Å². The number of aliphatic carboxylic acids is 1. The number of hydrogen-bond acceptors (Lipinski definition) is 3. The van der Waals surface area contributed by atoms with E-state index in [1.165, 1.54) is 20.9 Å². The van der Waals surface area contributed by atoms with Crippen molar-refractivity contribution < 1.29 is 18.3 Å². The standard InChI is InChI=1S/C10H21NO4S/c1-8(2)6-7-16(14,15)11(5)10(3,4)9(12)13/h8H,6-7H2,1-5H3,(H,12,13). The van der Waals surface area contributed by atoms with E-state index in [0.29, 0.717) is 6.42 Å². The van der Waals surface area contributed by atoms with Crippen LogP contribution in [0.5, 0.6) is 0 Å². The van der Waals surface area contributed by atoms with Crippen molar-refractivity contribution in [2.45, 2.75) is 39.7 Å². The Balaban J connectivity index is 4.84. The molecule has 1 N–H and O–H groups in total. The minimum absolute atomic E-state index is 0.0160. The van der Waals surface area contributed by atoms with Crippen molar-refractivity contribution in [3.63, 3.8) is 0 Å². The highest BCUT2D eigenvalue weighted by Crippen LogP contribution is 2.18. The van der Waals surface area contributed by atoms with Crippen molar-refractivity contribution in [1.82, 2.24) is 4.31 Å². The minimum atomic E-state index is -3.51. The molecule has 0 aromatic heterocycles. The number of hydrogen-bond donors (Lipinski definition) is 1. The Hall–Kier alpha value is -0.620. The molecule has 0 aliphatic carbocycles. The Labute approximate surface area is 97.5 Å². The van der Waals surface area contributed by atoms with Crippen molar-refractivity contribution in [2.75, 3.05) is 12.8 Å². The summed E-state index contributed by atoms with van der Waals surface area (Å²) in [6.07, 6.45) is 0.530. The number of nitrogens with zero attached hydrogens (tertiary/aromatic N) is 1. The predicted octanol–water partition coefficient (Wildman–Crippen LogP) is 1.16. The monoisotopic (exact) mass is 251 g/mol. The van der Waals surface area contributed by atoms with E-state index in [0.717, 1.165) is 4.31 Å². The maximum atomic E-state index is 11.8. The van der Waals surface area contributed by atoms with E-state index in [4.69, 9.17) is 5.11 Å². The molecular formula is C10H21NO4S. The van der Waals surface area contributed by atoms with Crippen LogP contribution >= 0.6 is 0 Å². The summed E-state index contributed by atoms with van der Waals surface area (Å²) < 4.78 is 24.6. The zero-order valence-corrected chi connectivity index (χ0v) is 11.3. The first-order valence-corrected chi connectivity index (χ1v) is 6.83. The zero-order valence-electron chi connectivity index (χ0n) is 10.5. The average molecular weight is 251 g/mol. The second-order valence-electron chi connectivity index (χ2n) is 4.83. The van der Waals surface area contributed by atoms with Crippen molar-refractivity contribution in [3.05, 3.63) is 0 Å². The van der Waals surface area contributed by atoms with Crippen molar-refractivity contribution >= 4 is 16.0 Å². The van der Waals surface area contributed by atoms with Gasteiger partial charge in [-0.25, -0.2) is 8.42 Å². The summed E-state index contributed by atoms with van der Waals surface area (Å²) in [5, 5.41) is 8.95. The number of sulfonamides is 1. The number of carbonyl (C=O) groups is 1. The van der Waals surface area contributed by atoms with Crippen LogP contribution in [0.25, 0.3) is 0 Å². The summed E-state index contributed by atoms with van der Waals surface area (Å²) in [6, 6.07) is 0. The molecule has 0 rings (SSSR count). The average Bonchev–Trinajstić information content (AvgIpc) is 2.13. The summed E-state index contributed by atoms with van der Waals surface area (Å²) in [5.74, 6) is -0.892. The van der Waals surface area contributed by atoms with Crippen molar-refractivity contribution in [1.29, 1.82) is 0 Å². The van der Waals surface area contributed by atoms with Crippen LogP contribution in [0.4, 0.5) is 0 Å². The minimum Gasteiger partial charge on any atom is -0.480 e. The lowest BCUT2D eigenvalue weighted by Gasteiger charge is -2.30. The lowest BCUT2D eigenvalue weighted by atomic mass is 10.1. The van der Waals surface area contributed by atoms with Gasteiger partial charge in [0.15, 0.2) is 0 Å². The fraction of sp³-hybridized carbons (Fsp3) is 0.900. The van der Waals surface area contributed by atoms with Gasteiger partial charge < -0.3 is 5.11 Å². The molecular weight excluding hydrogens is 230 g/mol. The van der Waals surface area contributed by atoms with Gasteiger partial charge in [0, 0.05) is 7.05 Å². The molecule has 0 heterocycles. The molecule has 0 aromatic carbocycles. The van der Waals surface area contributed by atoms with Gasteiger partial charge in [-0.2, -0.15) is 4.31 Å². The highest BCUT2D eigenvalue weighted by atomic mass is 32.2. The van der Waals surface area contributed by atoms with E-state index in [9.17, 15) is 13.2 Å². The molecule has 0 amide bonds. The van der Waals surface area contributed by atoms with E-state index in [1.54, 1.807) is 0 Å². The molecule has 0 saturated heterocycles. The largest absolute Gasteiger partial charge is 0.480 e. The van der Waals surface area contributed by atoms with Gasteiger partial charge in [0.05, 0.1) is 5.75 Å². The molecule has 0 spiro atoms. The molecule has 16 heavy (non-hydrogen) atoms. The molecule has 0 saturated carbocycles. The van der Waals surface area contributed by atoms with E-state index >= 15 is 0 Å². The number of carboxylic acid groups (broad SMARTS) is 1. The van der Waals surface area contributed by atoms with Crippen molar-refractivity contribution in [2.24, 2.45) is 5.92 Å². The van der Waals surface area contributed by atoms with Crippen LogP contribution in [0.2, 0.25) is 0 Å². The van der Waals surface area contributed by atoms with E-state index in [-0.39, 0.29) is 11.7 Å². The Morgan fingerprint density at radius 2 is 1.81 bits per heavy atom. The van der Waals surface area contributed by atoms with Gasteiger partial charge in [-0.3, -0.25) is 4.79 Å². The first kappa shape index (κ1) is 15.4. The summed E-state index contributed by atoms with van der Waals surface area (Å²) in [6.45, 7) is 6.61. The molecule has 6 heteroatoms. The molecule has 5 nitrogen and oxygen atoms in total. The second kappa shape index (κ2) is 5.14. The van der Waals surface area contributed by atoms with Gasteiger partial charge in [-0.05, 0) is 26.2 Å². The van der Waals surface area contributed by atoms with Gasteiger partial charge in [-0.1, -0.05) is 13.8 Å². The van der Waals surface area contributed by atoms with E-state index in [1.807, 2.05) is 13.8 Å². The summed E-state index contributed by atoms with van der Waals surface area (Å²) in [4.78, 5) is 10.9. The first-order chi connectivity index (χ1) is 7.01. The molecule has 0 aromatic rings. The molecule has 0 bridgehead atoms. The number of rotatable bonds is 6. The van der Waals surface area contributed by atoms with Crippen LogP contribution in [0, 0.1) is 5.92 Å². The molecule has 0 aliphatic rings. The first-order valence-electron chi connectivity index (χ1n) is 5.22. The summed E-state index contributed by atoms with van der Waals surface area (Å²) in [7, 11) is -2.20. The maximum Gasteiger partial charge on any atom is 0.324 e. The topological polar surface area (TPSA) is 74.7 Å². The number of carboxylic acids is 1. The van der Waals surface area contributed by atoms with Gasteiger partial charge in [-0.15, -0.1) is 0 Å². The third-order valence-corrected chi connectivity index (χ3v) is 4.72.